The number of hydrogen-bond acceptors (Lipinski definition) is 5. The summed E-state index contributed by atoms with van der Waals surface area (Å²) >= 11 is 0. The SMILES string of the molecule is C[N+](C)(C)c1ccc(CC(=O)OCCCOc2cccc(OC(=O)c3ccccc3)c2)cc1. The fraction of sp³-hybridized carbons (Fsp3) is 0.259. The number of benzene rings is 3. The average Bonchev–Trinajstić information content (AvgIpc) is 2.79. The van der Waals surface area contributed by atoms with Gasteiger partial charge in [0.2, 0.25) is 0 Å². The Morgan fingerprint density at radius 1 is 0.788 bits per heavy atom. The molecule has 0 saturated heterocycles. The topological polar surface area (TPSA) is 61.8 Å². The number of quaternary nitrogens is 1. The number of hydrogen-bond donors (Lipinski definition) is 0. The number of nitrogens with zero attached hydrogens (tertiary/aromatic N) is 1. The van der Waals surface area contributed by atoms with Crippen molar-refractivity contribution in [1.82, 2.24) is 4.48 Å². The number of esters is 2. The lowest BCUT2D eigenvalue weighted by atomic mass is 10.1. The average molecular weight is 449 g/mol. The van der Waals surface area contributed by atoms with Crippen LogP contribution in [-0.4, -0.2) is 46.3 Å². The lowest BCUT2D eigenvalue weighted by Crippen LogP contribution is -2.34. The summed E-state index contributed by atoms with van der Waals surface area (Å²) < 4.78 is 17.1. The van der Waals surface area contributed by atoms with E-state index in [-0.39, 0.29) is 19.0 Å². The van der Waals surface area contributed by atoms with Gasteiger partial charge >= 0.3 is 11.9 Å². The molecule has 3 rings (SSSR count). The van der Waals surface area contributed by atoms with Crippen molar-refractivity contribution in [2.45, 2.75) is 12.8 Å². The molecule has 0 spiro atoms. The van der Waals surface area contributed by atoms with Crippen LogP contribution in [0.3, 0.4) is 0 Å². The minimum Gasteiger partial charge on any atom is -0.493 e. The third-order valence-electron chi connectivity index (χ3n) is 4.91. The lowest BCUT2D eigenvalue weighted by Gasteiger charge is -2.23. The van der Waals surface area contributed by atoms with Gasteiger partial charge in [0.1, 0.15) is 17.2 Å². The van der Waals surface area contributed by atoms with Crippen molar-refractivity contribution in [3.05, 3.63) is 90.0 Å². The van der Waals surface area contributed by atoms with Crippen LogP contribution < -0.4 is 14.0 Å². The van der Waals surface area contributed by atoms with Crippen LogP contribution in [0.5, 0.6) is 11.5 Å². The summed E-state index contributed by atoms with van der Waals surface area (Å²) in [4.78, 5) is 24.2. The molecule has 0 amide bonds. The molecule has 0 aliphatic heterocycles. The zero-order valence-electron chi connectivity index (χ0n) is 19.3. The first kappa shape index (κ1) is 24.0. The fourth-order valence-electron chi connectivity index (χ4n) is 3.08. The van der Waals surface area contributed by atoms with E-state index in [0.29, 0.717) is 30.1 Å². The normalized spacial score (nSPS) is 11.0. The summed E-state index contributed by atoms with van der Waals surface area (Å²) in [6.07, 6.45) is 0.799. The molecule has 0 fully saturated rings. The van der Waals surface area contributed by atoms with Crippen LogP contribution in [-0.2, 0) is 16.0 Å². The van der Waals surface area contributed by atoms with E-state index in [0.717, 1.165) is 10.0 Å². The summed E-state index contributed by atoms with van der Waals surface area (Å²) in [6.45, 7) is 0.653. The van der Waals surface area contributed by atoms with Crippen molar-refractivity contribution >= 4 is 17.6 Å². The summed E-state index contributed by atoms with van der Waals surface area (Å²) in [5.41, 5.74) is 2.58. The molecule has 0 radical (unpaired) electrons. The zero-order valence-corrected chi connectivity index (χ0v) is 19.3. The Labute approximate surface area is 194 Å². The largest absolute Gasteiger partial charge is 0.493 e. The van der Waals surface area contributed by atoms with Gasteiger partial charge in [-0.05, 0) is 42.0 Å². The maximum Gasteiger partial charge on any atom is 0.343 e. The number of ether oxygens (including phenoxy) is 3. The Kier molecular flexibility index (Phi) is 8.22. The fourth-order valence-corrected chi connectivity index (χ4v) is 3.08. The van der Waals surface area contributed by atoms with Crippen LogP contribution in [0.15, 0.2) is 78.9 Å². The van der Waals surface area contributed by atoms with Crippen LogP contribution in [0.25, 0.3) is 0 Å². The summed E-state index contributed by atoms with van der Waals surface area (Å²) in [6, 6.07) is 23.7. The number of carbonyl (C=O) groups excluding carboxylic acids is 2. The Balaban J connectivity index is 1.37. The molecule has 172 valence electrons. The van der Waals surface area contributed by atoms with Crippen molar-refractivity contribution in [2.75, 3.05) is 34.4 Å². The molecule has 0 atom stereocenters. The van der Waals surface area contributed by atoms with Crippen molar-refractivity contribution in [3.63, 3.8) is 0 Å². The van der Waals surface area contributed by atoms with E-state index in [2.05, 4.69) is 21.1 Å². The minimum absolute atomic E-state index is 0.243. The third-order valence-corrected chi connectivity index (χ3v) is 4.91. The van der Waals surface area contributed by atoms with Gasteiger partial charge in [0.15, 0.2) is 0 Å². The van der Waals surface area contributed by atoms with Crippen LogP contribution in [0, 0.1) is 0 Å². The highest BCUT2D eigenvalue weighted by atomic mass is 16.5. The molecule has 6 heteroatoms. The second-order valence-corrected chi connectivity index (χ2v) is 8.51. The lowest BCUT2D eigenvalue weighted by molar-refractivity contribution is -0.143. The van der Waals surface area contributed by atoms with Gasteiger partial charge in [-0.15, -0.1) is 0 Å². The summed E-state index contributed by atoms with van der Waals surface area (Å²) in [5, 5.41) is 0. The van der Waals surface area contributed by atoms with Crippen molar-refractivity contribution < 1.29 is 23.8 Å². The van der Waals surface area contributed by atoms with E-state index < -0.39 is 5.97 Å². The van der Waals surface area contributed by atoms with Crippen molar-refractivity contribution in [3.8, 4) is 11.5 Å². The molecule has 0 unspecified atom stereocenters. The van der Waals surface area contributed by atoms with Gasteiger partial charge in [-0.25, -0.2) is 4.79 Å². The molecule has 3 aromatic carbocycles. The maximum atomic E-state index is 12.2. The second kappa shape index (κ2) is 11.3. The molecule has 0 bridgehead atoms. The molecule has 0 aliphatic carbocycles. The van der Waals surface area contributed by atoms with Crippen LogP contribution >= 0.6 is 0 Å². The van der Waals surface area contributed by atoms with Crippen molar-refractivity contribution in [2.24, 2.45) is 0 Å². The van der Waals surface area contributed by atoms with Crippen LogP contribution in [0.4, 0.5) is 5.69 Å². The zero-order chi connectivity index (χ0) is 23.7. The molecule has 3 aromatic rings. The number of carbonyl (C=O) groups is 2. The molecule has 0 aliphatic rings. The Morgan fingerprint density at radius 3 is 2.18 bits per heavy atom. The summed E-state index contributed by atoms with van der Waals surface area (Å²) in [7, 11) is 6.29. The molecular formula is C27H30NO5+. The third kappa shape index (κ3) is 7.77. The minimum atomic E-state index is -0.424. The highest BCUT2D eigenvalue weighted by Gasteiger charge is 2.12. The smallest absolute Gasteiger partial charge is 0.343 e. The van der Waals surface area contributed by atoms with Gasteiger partial charge in [0.25, 0.3) is 0 Å². The molecule has 0 saturated carbocycles. The van der Waals surface area contributed by atoms with Gasteiger partial charge in [-0.3, -0.25) is 9.28 Å². The molecule has 0 N–H and O–H groups in total. The molecule has 0 heterocycles. The predicted octanol–water partition coefficient (Wildman–Crippen LogP) is 4.66. The molecule has 0 aromatic heterocycles. The van der Waals surface area contributed by atoms with E-state index in [9.17, 15) is 9.59 Å². The van der Waals surface area contributed by atoms with Gasteiger partial charge in [-0.1, -0.05) is 36.4 Å². The first-order chi connectivity index (χ1) is 15.8. The highest BCUT2D eigenvalue weighted by Crippen LogP contribution is 2.21. The van der Waals surface area contributed by atoms with E-state index in [1.165, 1.54) is 5.69 Å². The van der Waals surface area contributed by atoms with E-state index >= 15 is 0 Å². The first-order valence-corrected chi connectivity index (χ1v) is 10.9. The summed E-state index contributed by atoms with van der Waals surface area (Å²) in [5.74, 6) is 0.302. The van der Waals surface area contributed by atoms with Crippen LogP contribution in [0.1, 0.15) is 22.3 Å². The van der Waals surface area contributed by atoms with E-state index in [1.807, 2.05) is 30.3 Å². The van der Waals surface area contributed by atoms with E-state index in [1.54, 1.807) is 48.5 Å². The van der Waals surface area contributed by atoms with Crippen LogP contribution in [0.2, 0.25) is 0 Å². The Morgan fingerprint density at radius 2 is 1.48 bits per heavy atom. The van der Waals surface area contributed by atoms with Gasteiger partial charge in [-0.2, -0.15) is 0 Å². The Hall–Kier alpha value is -3.64. The second-order valence-electron chi connectivity index (χ2n) is 8.51. The highest BCUT2D eigenvalue weighted by molar-refractivity contribution is 5.91. The molecular weight excluding hydrogens is 418 g/mol. The van der Waals surface area contributed by atoms with Crippen molar-refractivity contribution in [1.29, 1.82) is 0 Å². The van der Waals surface area contributed by atoms with Gasteiger partial charge < -0.3 is 14.2 Å². The van der Waals surface area contributed by atoms with E-state index in [4.69, 9.17) is 14.2 Å². The maximum absolute atomic E-state index is 12.2. The van der Waals surface area contributed by atoms with Gasteiger partial charge in [0.05, 0.1) is 46.3 Å². The monoisotopic (exact) mass is 448 g/mol. The predicted molar refractivity (Wildman–Crippen MR) is 129 cm³/mol. The number of rotatable bonds is 10. The molecule has 6 nitrogen and oxygen atoms in total. The molecule has 33 heavy (non-hydrogen) atoms. The first-order valence-electron chi connectivity index (χ1n) is 10.9. The Bertz CT molecular complexity index is 1060. The van der Waals surface area contributed by atoms with Gasteiger partial charge in [0, 0.05) is 12.5 Å². The standard InChI is InChI=1S/C27H30NO5/c1-28(2,3)23-15-13-21(14-16-23)19-26(29)32-18-8-17-31-24-11-7-12-25(20-24)33-27(30)22-9-5-4-6-10-22/h4-7,9-16,20H,8,17-19H2,1-3H3/q+1. The quantitative estimate of drug-likeness (QED) is 0.195.